The number of esters is 2. The smallest absolute Gasteiger partial charge is 0.340 e. The number of ether oxygens (including phenoxy) is 2. The number of carbonyl (C=O) groups excluding carboxylic acids is 2. The van der Waals surface area contributed by atoms with E-state index in [1.807, 2.05) is 48.5 Å². The highest BCUT2D eigenvalue weighted by molar-refractivity contribution is 6.06. The first-order valence-corrected chi connectivity index (χ1v) is 10.8. The van der Waals surface area contributed by atoms with Crippen molar-refractivity contribution in [1.29, 1.82) is 0 Å². The minimum absolute atomic E-state index is 0.102. The predicted molar refractivity (Wildman–Crippen MR) is 128 cm³/mol. The molecule has 3 aromatic carbocycles. The zero-order valence-electron chi connectivity index (χ0n) is 18.2. The molecule has 0 aliphatic rings. The van der Waals surface area contributed by atoms with Crippen molar-refractivity contribution in [2.75, 3.05) is 0 Å². The molecule has 0 N–H and O–H groups in total. The van der Waals surface area contributed by atoms with E-state index >= 15 is 0 Å². The second-order valence-corrected chi connectivity index (χ2v) is 7.68. The summed E-state index contributed by atoms with van der Waals surface area (Å²) in [4.78, 5) is 33.1. The van der Waals surface area contributed by atoms with Gasteiger partial charge in [-0.25, -0.2) is 9.59 Å². The molecule has 0 unspecified atom stereocenters. The Morgan fingerprint density at radius 2 is 0.941 bits per heavy atom. The van der Waals surface area contributed by atoms with E-state index in [0.29, 0.717) is 11.1 Å². The van der Waals surface area contributed by atoms with Gasteiger partial charge < -0.3 is 9.47 Å². The minimum atomic E-state index is -0.435. The third-order valence-corrected chi connectivity index (χ3v) is 5.64. The normalized spacial score (nSPS) is 10.8. The van der Waals surface area contributed by atoms with Gasteiger partial charge in [-0.05, 0) is 45.8 Å². The fourth-order valence-electron chi connectivity index (χ4n) is 4.03. The molecule has 0 saturated carbocycles. The van der Waals surface area contributed by atoms with E-state index < -0.39 is 11.9 Å². The Morgan fingerprint density at radius 3 is 1.26 bits per heavy atom. The highest BCUT2D eigenvalue weighted by Gasteiger charge is 2.17. The lowest BCUT2D eigenvalue weighted by molar-refractivity contribution is 0.0464. The second kappa shape index (κ2) is 9.50. The Bertz CT molecular complexity index is 1310. The van der Waals surface area contributed by atoms with Gasteiger partial charge in [-0.15, -0.1) is 0 Å². The first-order chi connectivity index (χ1) is 16.7. The van der Waals surface area contributed by atoms with Crippen molar-refractivity contribution >= 4 is 33.5 Å². The first kappa shape index (κ1) is 21.3. The maximum atomic E-state index is 12.5. The van der Waals surface area contributed by atoms with Crippen LogP contribution in [0.15, 0.2) is 97.6 Å². The molecule has 0 aliphatic heterocycles. The molecule has 0 fully saturated rings. The number of pyridine rings is 2. The summed E-state index contributed by atoms with van der Waals surface area (Å²) in [5.74, 6) is -0.869. The van der Waals surface area contributed by atoms with Gasteiger partial charge in [0, 0.05) is 35.9 Å². The molecule has 2 heterocycles. The van der Waals surface area contributed by atoms with Crippen LogP contribution < -0.4 is 0 Å². The third kappa shape index (κ3) is 4.21. The number of nitrogens with zero attached hydrogens (tertiary/aromatic N) is 2. The number of carbonyl (C=O) groups is 2. The van der Waals surface area contributed by atoms with Crippen LogP contribution in [0.2, 0.25) is 0 Å². The highest BCUT2D eigenvalue weighted by Crippen LogP contribution is 2.34. The average Bonchev–Trinajstić information content (AvgIpc) is 2.91. The second-order valence-electron chi connectivity index (χ2n) is 7.68. The molecule has 5 rings (SSSR count). The molecule has 0 atom stereocenters. The van der Waals surface area contributed by atoms with Crippen LogP contribution in [0.5, 0.6) is 0 Å². The summed E-state index contributed by atoms with van der Waals surface area (Å²) in [6.07, 6.45) is 6.19. The van der Waals surface area contributed by atoms with E-state index in [4.69, 9.17) is 9.47 Å². The van der Waals surface area contributed by atoms with Crippen LogP contribution in [0.3, 0.4) is 0 Å². The van der Waals surface area contributed by atoms with Crippen molar-refractivity contribution in [2.45, 2.75) is 13.2 Å². The summed E-state index contributed by atoms with van der Waals surface area (Å²) in [5.41, 5.74) is 2.58. The molecule has 0 spiro atoms. The van der Waals surface area contributed by atoms with Gasteiger partial charge in [-0.2, -0.15) is 0 Å². The average molecular weight is 448 g/mol. The maximum absolute atomic E-state index is 12.5. The van der Waals surface area contributed by atoms with E-state index in [1.54, 1.807) is 36.7 Å². The zero-order valence-corrected chi connectivity index (χ0v) is 18.2. The molecule has 166 valence electrons. The molecule has 0 aliphatic carbocycles. The van der Waals surface area contributed by atoms with Crippen LogP contribution in [-0.4, -0.2) is 21.9 Å². The van der Waals surface area contributed by atoms with Crippen molar-refractivity contribution in [3.8, 4) is 0 Å². The van der Waals surface area contributed by atoms with Gasteiger partial charge in [0.1, 0.15) is 13.2 Å². The van der Waals surface area contributed by atoms with Gasteiger partial charge in [0.05, 0.1) is 11.1 Å². The lowest BCUT2D eigenvalue weighted by Crippen LogP contribution is -2.08. The lowest BCUT2D eigenvalue weighted by atomic mass is 9.92. The summed E-state index contributed by atoms with van der Waals surface area (Å²) in [6.45, 7) is 0.203. The van der Waals surface area contributed by atoms with Crippen LogP contribution in [0, 0.1) is 0 Å². The van der Waals surface area contributed by atoms with Crippen molar-refractivity contribution in [1.82, 2.24) is 9.97 Å². The van der Waals surface area contributed by atoms with Crippen molar-refractivity contribution in [2.24, 2.45) is 0 Å². The molecule has 5 aromatic rings. The van der Waals surface area contributed by atoms with Crippen LogP contribution in [0.25, 0.3) is 21.5 Å². The number of aromatic nitrogens is 2. The zero-order chi connectivity index (χ0) is 23.3. The quantitative estimate of drug-likeness (QED) is 0.252. The van der Waals surface area contributed by atoms with E-state index in [2.05, 4.69) is 9.97 Å². The summed E-state index contributed by atoms with van der Waals surface area (Å²) in [6, 6.07) is 22.4. The summed E-state index contributed by atoms with van der Waals surface area (Å²) < 4.78 is 11.3. The Hall–Kier alpha value is -4.58. The van der Waals surface area contributed by atoms with Crippen LogP contribution >= 0.6 is 0 Å². The summed E-state index contributed by atoms with van der Waals surface area (Å²) >= 11 is 0. The first-order valence-electron chi connectivity index (χ1n) is 10.8. The number of benzene rings is 3. The van der Waals surface area contributed by atoms with Crippen molar-refractivity contribution < 1.29 is 19.1 Å². The standard InChI is InChI=1S/C28H20N2O4/c31-27(19-7-5-13-29-15-19)33-17-25-21-9-1-2-10-22(21)26(24-12-4-3-11-23(24)25)18-34-28(32)20-8-6-14-30-16-20/h1-16H,17-18H2. The van der Waals surface area contributed by atoms with E-state index in [9.17, 15) is 9.59 Å². The molecule has 0 radical (unpaired) electrons. The Morgan fingerprint density at radius 1 is 0.559 bits per heavy atom. The SMILES string of the molecule is O=C(OCc1c2ccccc2c(COC(=O)c2cccnc2)c2ccccc12)c1cccnc1. The Kier molecular flexibility index (Phi) is 5.95. The van der Waals surface area contributed by atoms with Gasteiger partial charge in [0.25, 0.3) is 0 Å². The van der Waals surface area contributed by atoms with Gasteiger partial charge in [0.2, 0.25) is 0 Å². The molecule has 2 aromatic heterocycles. The third-order valence-electron chi connectivity index (χ3n) is 5.64. The lowest BCUT2D eigenvalue weighted by Gasteiger charge is -2.17. The predicted octanol–water partition coefficient (Wildman–Crippen LogP) is 5.50. The monoisotopic (exact) mass is 448 g/mol. The maximum Gasteiger partial charge on any atom is 0.340 e. The van der Waals surface area contributed by atoms with E-state index in [1.165, 1.54) is 12.4 Å². The number of hydrogen-bond acceptors (Lipinski definition) is 6. The largest absolute Gasteiger partial charge is 0.457 e. The van der Waals surface area contributed by atoms with Gasteiger partial charge >= 0.3 is 11.9 Å². The molecular formula is C28H20N2O4. The molecule has 6 nitrogen and oxygen atoms in total. The minimum Gasteiger partial charge on any atom is -0.457 e. The molecule has 0 bridgehead atoms. The molecule has 0 amide bonds. The van der Waals surface area contributed by atoms with Gasteiger partial charge in [-0.3, -0.25) is 9.97 Å². The fraction of sp³-hybridized carbons (Fsp3) is 0.0714. The van der Waals surface area contributed by atoms with E-state index in [0.717, 1.165) is 32.7 Å². The molecule has 6 heteroatoms. The molecule has 0 saturated heterocycles. The fourth-order valence-corrected chi connectivity index (χ4v) is 4.03. The van der Waals surface area contributed by atoms with Crippen LogP contribution in [0.1, 0.15) is 31.8 Å². The van der Waals surface area contributed by atoms with Crippen molar-refractivity contribution in [3.63, 3.8) is 0 Å². The number of rotatable bonds is 6. The topological polar surface area (TPSA) is 78.4 Å². The molecular weight excluding hydrogens is 428 g/mol. The Balaban J connectivity index is 1.52. The Labute approximate surface area is 195 Å². The summed E-state index contributed by atoms with van der Waals surface area (Å²) in [7, 11) is 0. The van der Waals surface area contributed by atoms with Crippen LogP contribution in [0.4, 0.5) is 0 Å². The molecule has 34 heavy (non-hydrogen) atoms. The van der Waals surface area contributed by atoms with Crippen LogP contribution in [-0.2, 0) is 22.7 Å². The van der Waals surface area contributed by atoms with Crippen molar-refractivity contribution in [3.05, 3.63) is 120 Å². The van der Waals surface area contributed by atoms with Gasteiger partial charge in [0.15, 0.2) is 0 Å². The summed E-state index contributed by atoms with van der Waals surface area (Å²) in [5, 5.41) is 3.75. The highest BCUT2D eigenvalue weighted by atomic mass is 16.5. The van der Waals surface area contributed by atoms with E-state index in [-0.39, 0.29) is 13.2 Å². The number of fused-ring (bicyclic) bond motifs is 2. The van der Waals surface area contributed by atoms with Gasteiger partial charge in [-0.1, -0.05) is 48.5 Å². The number of hydrogen-bond donors (Lipinski definition) is 0.